The van der Waals surface area contributed by atoms with Crippen molar-refractivity contribution in [2.24, 2.45) is 0 Å². The van der Waals surface area contributed by atoms with Crippen LogP contribution >= 0.6 is 0 Å². The lowest BCUT2D eigenvalue weighted by Gasteiger charge is -2.28. The summed E-state index contributed by atoms with van der Waals surface area (Å²) in [5, 5.41) is 6.34. The van der Waals surface area contributed by atoms with Gasteiger partial charge < -0.3 is 15.4 Å². The summed E-state index contributed by atoms with van der Waals surface area (Å²) in [5.74, 6) is -0.0369. The molecule has 1 aliphatic heterocycles. The smallest absolute Gasteiger partial charge is 0.253 e. The summed E-state index contributed by atoms with van der Waals surface area (Å²) in [4.78, 5) is 16.5. The molecule has 2 rings (SSSR count). The van der Waals surface area contributed by atoms with E-state index in [2.05, 4.69) is 22.5 Å². The Morgan fingerprint density at radius 2 is 2.40 bits per heavy atom. The molecule has 0 saturated carbocycles. The molecule has 0 radical (unpaired) electrons. The number of amides is 1. The SMILES string of the molecule is CCCNc1cnccc1C(=O)NC1CCOC(C)C1. The number of carbonyl (C=O) groups excluding carboxylic acids is 1. The van der Waals surface area contributed by atoms with E-state index in [1.807, 2.05) is 6.92 Å². The van der Waals surface area contributed by atoms with Crippen LogP contribution in [0, 0.1) is 0 Å². The van der Waals surface area contributed by atoms with Crippen LogP contribution in [0.4, 0.5) is 5.69 Å². The van der Waals surface area contributed by atoms with Gasteiger partial charge in [0.05, 0.1) is 23.6 Å². The highest BCUT2D eigenvalue weighted by molar-refractivity contribution is 5.99. The van der Waals surface area contributed by atoms with Gasteiger partial charge in [0, 0.05) is 25.4 Å². The Morgan fingerprint density at radius 1 is 1.55 bits per heavy atom. The molecule has 1 aromatic heterocycles. The Hall–Kier alpha value is -1.62. The summed E-state index contributed by atoms with van der Waals surface area (Å²) in [6, 6.07) is 1.95. The molecule has 1 aliphatic rings. The molecule has 5 heteroatoms. The van der Waals surface area contributed by atoms with Gasteiger partial charge in [-0.05, 0) is 32.3 Å². The fourth-order valence-corrected chi connectivity index (χ4v) is 2.39. The Kier molecular flexibility index (Phi) is 5.35. The Bertz CT molecular complexity index is 450. The summed E-state index contributed by atoms with van der Waals surface area (Å²) in [6.45, 7) is 5.68. The van der Waals surface area contributed by atoms with E-state index in [-0.39, 0.29) is 18.1 Å². The minimum atomic E-state index is -0.0369. The van der Waals surface area contributed by atoms with Crippen LogP contribution in [-0.4, -0.2) is 36.2 Å². The highest BCUT2D eigenvalue weighted by Gasteiger charge is 2.22. The predicted octanol–water partition coefficient (Wildman–Crippen LogP) is 2.20. The molecule has 2 unspecified atom stereocenters. The van der Waals surface area contributed by atoms with Crippen molar-refractivity contribution in [3.63, 3.8) is 0 Å². The first-order valence-corrected chi connectivity index (χ1v) is 7.31. The monoisotopic (exact) mass is 277 g/mol. The van der Waals surface area contributed by atoms with E-state index in [4.69, 9.17) is 4.74 Å². The third kappa shape index (κ3) is 3.93. The Labute approximate surface area is 120 Å². The predicted molar refractivity (Wildman–Crippen MR) is 78.9 cm³/mol. The number of rotatable bonds is 5. The van der Waals surface area contributed by atoms with Gasteiger partial charge in [0.25, 0.3) is 5.91 Å². The number of nitrogens with zero attached hydrogens (tertiary/aromatic N) is 1. The minimum absolute atomic E-state index is 0.0369. The average Bonchev–Trinajstić information content (AvgIpc) is 2.45. The van der Waals surface area contributed by atoms with E-state index in [0.29, 0.717) is 12.2 Å². The maximum absolute atomic E-state index is 12.4. The van der Waals surface area contributed by atoms with Gasteiger partial charge in [-0.3, -0.25) is 9.78 Å². The highest BCUT2D eigenvalue weighted by atomic mass is 16.5. The minimum Gasteiger partial charge on any atom is -0.383 e. The van der Waals surface area contributed by atoms with Crippen molar-refractivity contribution in [1.29, 1.82) is 0 Å². The van der Waals surface area contributed by atoms with E-state index in [1.54, 1.807) is 18.5 Å². The zero-order valence-electron chi connectivity index (χ0n) is 12.2. The Morgan fingerprint density at radius 3 is 3.15 bits per heavy atom. The van der Waals surface area contributed by atoms with Crippen LogP contribution in [0.2, 0.25) is 0 Å². The first-order valence-electron chi connectivity index (χ1n) is 7.31. The Balaban J connectivity index is 2.01. The van der Waals surface area contributed by atoms with Gasteiger partial charge in [-0.2, -0.15) is 0 Å². The molecule has 1 amide bonds. The molecule has 0 spiro atoms. The van der Waals surface area contributed by atoms with E-state index < -0.39 is 0 Å². The fourth-order valence-electron chi connectivity index (χ4n) is 2.39. The molecule has 2 N–H and O–H groups in total. The lowest BCUT2D eigenvalue weighted by molar-refractivity contribution is 0.0137. The van der Waals surface area contributed by atoms with Gasteiger partial charge >= 0.3 is 0 Å². The molecule has 0 aromatic carbocycles. The zero-order valence-corrected chi connectivity index (χ0v) is 12.2. The molecule has 5 nitrogen and oxygen atoms in total. The van der Waals surface area contributed by atoms with Crippen LogP contribution in [-0.2, 0) is 4.74 Å². The average molecular weight is 277 g/mol. The third-order valence-corrected chi connectivity index (χ3v) is 3.45. The molecule has 1 saturated heterocycles. The number of hydrogen-bond acceptors (Lipinski definition) is 4. The molecule has 110 valence electrons. The lowest BCUT2D eigenvalue weighted by atomic mass is 10.0. The number of hydrogen-bond donors (Lipinski definition) is 2. The topological polar surface area (TPSA) is 63.2 Å². The number of carbonyl (C=O) groups is 1. The summed E-state index contributed by atoms with van der Waals surface area (Å²) in [6.07, 6.45) is 6.32. The maximum atomic E-state index is 12.4. The largest absolute Gasteiger partial charge is 0.383 e. The second-order valence-electron chi connectivity index (χ2n) is 5.22. The van der Waals surface area contributed by atoms with Crippen LogP contribution in [0.25, 0.3) is 0 Å². The number of anilines is 1. The molecule has 1 fully saturated rings. The van der Waals surface area contributed by atoms with Crippen LogP contribution in [0.1, 0.15) is 43.5 Å². The third-order valence-electron chi connectivity index (χ3n) is 3.45. The zero-order chi connectivity index (χ0) is 14.4. The molecular formula is C15H23N3O2. The second-order valence-corrected chi connectivity index (χ2v) is 5.22. The molecule has 0 bridgehead atoms. The summed E-state index contributed by atoms with van der Waals surface area (Å²) < 4.78 is 5.50. The van der Waals surface area contributed by atoms with Crippen molar-refractivity contribution in [3.05, 3.63) is 24.0 Å². The van der Waals surface area contributed by atoms with Crippen LogP contribution in [0.5, 0.6) is 0 Å². The van der Waals surface area contributed by atoms with Crippen molar-refractivity contribution in [2.75, 3.05) is 18.5 Å². The van der Waals surface area contributed by atoms with Crippen molar-refractivity contribution in [2.45, 2.75) is 45.3 Å². The number of pyridine rings is 1. The fraction of sp³-hybridized carbons (Fsp3) is 0.600. The summed E-state index contributed by atoms with van der Waals surface area (Å²) >= 11 is 0. The van der Waals surface area contributed by atoms with Gasteiger partial charge in [-0.25, -0.2) is 0 Å². The molecule has 1 aromatic rings. The number of ether oxygens (including phenoxy) is 1. The van der Waals surface area contributed by atoms with Gasteiger partial charge in [-0.15, -0.1) is 0 Å². The van der Waals surface area contributed by atoms with Crippen LogP contribution < -0.4 is 10.6 Å². The van der Waals surface area contributed by atoms with E-state index in [9.17, 15) is 4.79 Å². The first-order chi connectivity index (χ1) is 9.70. The van der Waals surface area contributed by atoms with Gasteiger partial charge in [0.2, 0.25) is 0 Å². The summed E-state index contributed by atoms with van der Waals surface area (Å²) in [5.41, 5.74) is 1.46. The number of nitrogens with one attached hydrogen (secondary N) is 2. The molecular weight excluding hydrogens is 254 g/mol. The highest BCUT2D eigenvalue weighted by Crippen LogP contribution is 2.17. The molecule has 2 heterocycles. The van der Waals surface area contributed by atoms with E-state index in [1.165, 1.54) is 0 Å². The normalized spacial score (nSPS) is 22.3. The molecule has 0 aliphatic carbocycles. The van der Waals surface area contributed by atoms with Gasteiger partial charge in [-0.1, -0.05) is 6.92 Å². The lowest BCUT2D eigenvalue weighted by Crippen LogP contribution is -2.41. The van der Waals surface area contributed by atoms with Crippen LogP contribution in [0.3, 0.4) is 0 Å². The van der Waals surface area contributed by atoms with Crippen molar-refractivity contribution in [1.82, 2.24) is 10.3 Å². The number of aromatic nitrogens is 1. The van der Waals surface area contributed by atoms with Crippen molar-refractivity contribution >= 4 is 11.6 Å². The van der Waals surface area contributed by atoms with Crippen molar-refractivity contribution in [3.8, 4) is 0 Å². The van der Waals surface area contributed by atoms with E-state index >= 15 is 0 Å². The molecule has 20 heavy (non-hydrogen) atoms. The quantitative estimate of drug-likeness (QED) is 0.866. The first kappa shape index (κ1) is 14.8. The van der Waals surface area contributed by atoms with Gasteiger partial charge in [0.15, 0.2) is 0 Å². The maximum Gasteiger partial charge on any atom is 0.253 e. The summed E-state index contributed by atoms with van der Waals surface area (Å²) in [7, 11) is 0. The molecule has 2 atom stereocenters. The standard InChI is InChI=1S/C15H23N3O2/c1-3-6-17-14-10-16-7-4-13(14)15(19)18-12-5-8-20-11(2)9-12/h4,7,10-12,17H,3,5-6,8-9H2,1-2H3,(H,18,19). The second kappa shape index (κ2) is 7.24. The van der Waals surface area contributed by atoms with Crippen molar-refractivity contribution < 1.29 is 9.53 Å². The van der Waals surface area contributed by atoms with Gasteiger partial charge in [0.1, 0.15) is 0 Å². The van der Waals surface area contributed by atoms with Crippen LogP contribution in [0.15, 0.2) is 18.5 Å². The van der Waals surface area contributed by atoms with E-state index in [0.717, 1.165) is 31.5 Å².